The van der Waals surface area contributed by atoms with Crippen LogP contribution in [0.4, 0.5) is 4.79 Å². The fourth-order valence-corrected chi connectivity index (χ4v) is 6.51. The Morgan fingerprint density at radius 1 is 1.07 bits per heavy atom. The molecule has 1 atom stereocenters. The molecule has 0 unspecified atom stereocenters. The average Bonchev–Trinajstić information content (AvgIpc) is 3.03. The number of nitrogens with one attached hydrogen (secondary N) is 3. The van der Waals surface area contributed by atoms with Gasteiger partial charge in [-0.05, 0) is 112 Å². The summed E-state index contributed by atoms with van der Waals surface area (Å²) in [5.41, 5.74) is 5.95. The topological polar surface area (TPSA) is 160 Å². The molecule has 3 aromatic carbocycles. The molecule has 0 aromatic heterocycles. The number of rotatable bonds is 12. The van der Waals surface area contributed by atoms with E-state index in [1.54, 1.807) is 44.2 Å². The van der Waals surface area contributed by atoms with Crippen LogP contribution < -0.4 is 30.3 Å². The maximum atomic E-state index is 12.6. The number of esters is 1. The second-order valence-corrected chi connectivity index (χ2v) is 12.0. The quantitative estimate of drug-likeness (QED) is 0.0986. The Morgan fingerprint density at radius 2 is 1.78 bits per heavy atom. The monoisotopic (exact) mass is 849 g/mol. The van der Waals surface area contributed by atoms with Crippen LogP contribution in [0.3, 0.4) is 0 Å². The lowest BCUT2D eigenvalue weighted by Crippen LogP contribution is -2.45. The molecule has 238 valence electrons. The number of hydrogen-bond donors (Lipinski definition) is 3. The van der Waals surface area contributed by atoms with E-state index in [-0.39, 0.29) is 24.5 Å². The van der Waals surface area contributed by atoms with Crippen molar-refractivity contribution in [3.05, 3.63) is 95.3 Å². The number of hydrogen-bond acceptors (Lipinski definition) is 9. The van der Waals surface area contributed by atoms with Crippen molar-refractivity contribution < 1.29 is 33.3 Å². The summed E-state index contributed by atoms with van der Waals surface area (Å²) in [6.45, 7) is 3.52. The molecule has 0 saturated carbocycles. The molecule has 12 nitrogen and oxygen atoms in total. The maximum absolute atomic E-state index is 12.6. The Labute approximate surface area is 292 Å². The van der Waals surface area contributed by atoms with Gasteiger partial charge in [0, 0.05) is 5.70 Å². The van der Waals surface area contributed by atoms with Crippen LogP contribution in [0.5, 0.6) is 17.2 Å². The molecule has 46 heavy (non-hydrogen) atoms. The smallest absolute Gasteiger partial charge is 0.338 e. The number of halogens is 2. The summed E-state index contributed by atoms with van der Waals surface area (Å²) in [4.78, 5) is 37.3. The summed E-state index contributed by atoms with van der Waals surface area (Å²) in [6, 6.07) is 16.7. The molecule has 0 aliphatic carbocycles. The minimum atomic E-state index is -0.775. The fourth-order valence-electron chi connectivity index (χ4n) is 4.38. The molecule has 14 heteroatoms. The van der Waals surface area contributed by atoms with Crippen LogP contribution in [-0.2, 0) is 20.9 Å². The number of urea groups is 1. The van der Waals surface area contributed by atoms with Gasteiger partial charge < -0.3 is 29.6 Å². The minimum Gasteiger partial charge on any atom is -0.493 e. The van der Waals surface area contributed by atoms with Crippen molar-refractivity contribution >= 4 is 69.3 Å². The highest BCUT2D eigenvalue weighted by Crippen LogP contribution is 2.35. The van der Waals surface area contributed by atoms with Gasteiger partial charge in [-0.2, -0.15) is 10.4 Å². The number of amides is 3. The average molecular weight is 849 g/mol. The Bertz CT molecular complexity index is 1710. The molecule has 3 aromatic rings. The van der Waals surface area contributed by atoms with Gasteiger partial charge in [-0.15, -0.1) is 0 Å². The number of nitriles is 1. The van der Waals surface area contributed by atoms with Crippen molar-refractivity contribution in [2.24, 2.45) is 5.10 Å². The number of carbonyl (C=O) groups is 3. The first kappa shape index (κ1) is 34.5. The lowest BCUT2D eigenvalue weighted by atomic mass is 9.95. The van der Waals surface area contributed by atoms with Crippen LogP contribution in [0.1, 0.15) is 42.1 Å². The van der Waals surface area contributed by atoms with E-state index in [1.165, 1.54) is 13.3 Å². The molecule has 0 saturated heterocycles. The minimum absolute atomic E-state index is 0.181. The molecule has 0 spiro atoms. The Hall–Kier alpha value is -4.37. The predicted molar refractivity (Wildman–Crippen MR) is 185 cm³/mol. The van der Waals surface area contributed by atoms with E-state index in [4.69, 9.17) is 24.2 Å². The van der Waals surface area contributed by atoms with Gasteiger partial charge in [0.15, 0.2) is 18.1 Å². The summed E-state index contributed by atoms with van der Waals surface area (Å²) in [5.74, 6) is 0.258. The first-order valence-electron chi connectivity index (χ1n) is 13.8. The van der Waals surface area contributed by atoms with Gasteiger partial charge in [0.25, 0.3) is 5.91 Å². The van der Waals surface area contributed by atoms with E-state index in [0.29, 0.717) is 29.2 Å². The van der Waals surface area contributed by atoms with Crippen LogP contribution in [0.2, 0.25) is 0 Å². The standard InChI is InChI=1S/C32H29I2N5O7/c1-4-44-31(41)28-18(2)37-32(42)38-29(28)22-9-10-25(26(13-22)43-3)45-17-27(40)39-36-15-21-11-23(33)30(24(34)12-21)46-16-20-7-5-19(14-35)6-8-20/h5-13,15,29H,4,16-17H2,1-3H3,(H,39,40)(H2,37,38,42)/b36-15+/t29-/m1/s1. The molecule has 1 heterocycles. The number of hydrazone groups is 1. The molecule has 3 N–H and O–H groups in total. The van der Waals surface area contributed by atoms with Crippen molar-refractivity contribution in [3.8, 4) is 23.3 Å². The SMILES string of the molecule is CCOC(=O)C1=C(C)NC(=O)N[C@@H]1c1ccc(OCC(=O)N/N=C/c2cc(I)c(OCc3ccc(C#N)cc3)c(I)c2)c(OC)c1. The Kier molecular flexibility index (Phi) is 12.2. The third kappa shape index (κ3) is 8.88. The molecular formula is C32H29I2N5O7. The van der Waals surface area contributed by atoms with E-state index < -0.39 is 23.9 Å². The van der Waals surface area contributed by atoms with Gasteiger partial charge in [-0.3, -0.25) is 4.79 Å². The maximum Gasteiger partial charge on any atom is 0.338 e. The number of ether oxygens (including phenoxy) is 4. The molecule has 0 bridgehead atoms. The zero-order chi connectivity index (χ0) is 33.2. The highest BCUT2D eigenvalue weighted by Gasteiger charge is 2.32. The Balaban J connectivity index is 1.35. The van der Waals surface area contributed by atoms with Gasteiger partial charge in [0.05, 0.1) is 50.3 Å². The first-order chi connectivity index (χ1) is 22.1. The molecule has 3 amide bonds. The van der Waals surface area contributed by atoms with Crippen LogP contribution in [0.25, 0.3) is 0 Å². The molecule has 4 rings (SSSR count). The summed E-state index contributed by atoms with van der Waals surface area (Å²) in [7, 11) is 1.44. The number of benzene rings is 3. The molecule has 0 fully saturated rings. The van der Waals surface area contributed by atoms with E-state index in [0.717, 1.165) is 24.0 Å². The van der Waals surface area contributed by atoms with Gasteiger partial charge in [0.2, 0.25) is 0 Å². The second-order valence-electron chi connectivity index (χ2n) is 9.69. The highest BCUT2D eigenvalue weighted by atomic mass is 127. The third-order valence-corrected chi connectivity index (χ3v) is 8.14. The number of carbonyl (C=O) groups excluding carboxylic acids is 3. The van der Waals surface area contributed by atoms with Crippen LogP contribution >= 0.6 is 45.2 Å². The third-order valence-electron chi connectivity index (χ3n) is 6.53. The van der Waals surface area contributed by atoms with Gasteiger partial charge in [-0.25, -0.2) is 15.0 Å². The zero-order valence-electron chi connectivity index (χ0n) is 25.0. The van der Waals surface area contributed by atoms with Crippen molar-refractivity contribution in [3.63, 3.8) is 0 Å². The van der Waals surface area contributed by atoms with Gasteiger partial charge in [-0.1, -0.05) is 18.2 Å². The molecule has 1 aliphatic heterocycles. The van der Waals surface area contributed by atoms with Crippen LogP contribution in [-0.4, -0.2) is 44.4 Å². The first-order valence-corrected chi connectivity index (χ1v) is 16.0. The number of nitrogens with zero attached hydrogens (tertiary/aromatic N) is 2. The number of methoxy groups -OCH3 is 1. The predicted octanol–water partition coefficient (Wildman–Crippen LogP) is 5.08. The highest BCUT2D eigenvalue weighted by molar-refractivity contribution is 14.1. The summed E-state index contributed by atoms with van der Waals surface area (Å²) in [5, 5.41) is 18.3. The lowest BCUT2D eigenvalue weighted by Gasteiger charge is -2.28. The van der Waals surface area contributed by atoms with E-state index in [2.05, 4.69) is 72.4 Å². The van der Waals surface area contributed by atoms with Crippen molar-refractivity contribution in [2.45, 2.75) is 26.5 Å². The normalized spacial score (nSPS) is 14.2. The lowest BCUT2D eigenvalue weighted by molar-refractivity contribution is -0.139. The fraction of sp³-hybridized carbons (Fsp3) is 0.219. The second kappa shape index (κ2) is 16.3. The van der Waals surface area contributed by atoms with Crippen molar-refractivity contribution in [1.29, 1.82) is 5.26 Å². The number of allylic oxidation sites excluding steroid dienone is 1. The zero-order valence-corrected chi connectivity index (χ0v) is 29.3. The van der Waals surface area contributed by atoms with Crippen molar-refractivity contribution in [1.82, 2.24) is 16.1 Å². The van der Waals surface area contributed by atoms with Crippen LogP contribution in [0.15, 0.2) is 71.0 Å². The van der Waals surface area contributed by atoms with E-state index >= 15 is 0 Å². The summed E-state index contributed by atoms with van der Waals surface area (Å²) in [6.07, 6.45) is 1.52. The van der Waals surface area contributed by atoms with Gasteiger partial charge >= 0.3 is 12.0 Å². The van der Waals surface area contributed by atoms with Gasteiger partial charge in [0.1, 0.15) is 12.4 Å². The summed E-state index contributed by atoms with van der Waals surface area (Å²) < 4.78 is 24.1. The largest absolute Gasteiger partial charge is 0.493 e. The molecule has 1 aliphatic rings. The van der Waals surface area contributed by atoms with Crippen molar-refractivity contribution in [2.75, 3.05) is 20.3 Å². The molecular weight excluding hydrogens is 820 g/mol. The van der Waals surface area contributed by atoms with E-state index in [9.17, 15) is 14.4 Å². The summed E-state index contributed by atoms with van der Waals surface area (Å²) >= 11 is 4.36. The molecule has 0 radical (unpaired) electrons. The van der Waals surface area contributed by atoms with E-state index in [1.807, 2.05) is 24.3 Å². The Morgan fingerprint density at radius 3 is 2.43 bits per heavy atom. The van der Waals surface area contributed by atoms with Crippen LogP contribution in [0, 0.1) is 18.5 Å².